The van der Waals surface area contributed by atoms with Gasteiger partial charge < -0.3 is 14.8 Å². The van der Waals surface area contributed by atoms with E-state index in [0.717, 1.165) is 18.7 Å². The van der Waals surface area contributed by atoms with Gasteiger partial charge in [0.25, 0.3) is 0 Å². The smallest absolute Gasteiger partial charge is 0.326 e. The van der Waals surface area contributed by atoms with Gasteiger partial charge in [0.15, 0.2) is 0 Å². The van der Waals surface area contributed by atoms with Crippen LogP contribution in [0.4, 0.5) is 0 Å². The van der Waals surface area contributed by atoms with Crippen molar-refractivity contribution in [2.75, 3.05) is 6.61 Å². The van der Waals surface area contributed by atoms with E-state index in [4.69, 9.17) is 10.2 Å². The molecule has 0 saturated heterocycles. The van der Waals surface area contributed by atoms with Crippen molar-refractivity contribution in [3.63, 3.8) is 0 Å². The van der Waals surface area contributed by atoms with Crippen LogP contribution >= 0.6 is 0 Å². The van der Waals surface area contributed by atoms with E-state index in [0.29, 0.717) is 25.1 Å². The Morgan fingerprint density at radius 1 is 1.50 bits per heavy atom. The first-order chi connectivity index (χ1) is 7.74. The first kappa shape index (κ1) is 11.1. The number of aliphatic carboxylic acids is 1. The molecular weight excluding hydrogens is 210 g/mol. The average molecular weight is 225 g/mol. The fraction of sp³-hybridized carbons (Fsp3) is 0.700. The summed E-state index contributed by atoms with van der Waals surface area (Å²) in [5.41, 5.74) is 0. The van der Waals surface area contributed by atoms with Gasteiger partial charge >= 0.3 is 5.97 Å². The maximum atomic E-state index is 11.1. The van der Waals surface area contributed by atoms with Crippen LogP contribution in [0.15, 0.2) is 0 Å². The van der Waals surface area contributed by atoms with E-state index in [9.17, 15) is 4.79 Å². The Morgan fingerprint density at radius 2 is 2.31 bits per heavy atom. The molecule has 2 rings (SSSR count). The molecule has 6 nitrogen and oxygen atoms in total. The molecule has 2 heterocycles. The second kappa shape index (κ2) is 4.61. The summed E-state index contributed by atoms with van der Waals surface area (Å²) in [6.07, 6.45) is 3.43. The largest absolute Gasteiger partial charge is 0.480 e. The number of fused-ring (bicyclic) bond motifs is 1. The van der Waals surface area contributed by atoms with Crippen molar-refractivity contribution in [2.24, 2.45) is 0 Å². The highest BCUT2D eigenvalue weighted by Gasteiger charge is 2.29. The summed E-state index contributed by atoms with van der Waals surface area (Å²) in [7, 11) is 0. The molecule has 1 aromatic heterocycles. The quantitative estimate of drug-likeness (QED) is 0.762. The molecule has 1 unspecified atom stereocenters. The maximum absolute atomic E-state index is 11.1. The fourth-order valence-corrected chi connectivity index (χ4v) is 2.12. The number of nitrogens with zero attached hydrogens (tertiary/aromatic N) is 3. The summed E-state index contributed by atoms with van der Waals surface area (Å²) in [5, 5.41) is 25.9. The number of hydrogen-bond donors (Lipinski definition) is 2. The summed E-state index contributed by atoms with van der Waals surface area (Å²) in [5.74, 6) is 0.605. The number of carboxylic acids is 1. The summed E-state index contributed by atoms with van der Waals surface area (Å²) >= 11 is 0. The summed E-state index contributed by atoms with van der Waals surface area (Å²) in [6.45, 7) is 0.0833. The monoisotopic (exact) mass is 225 g/mol. The van der Waals surface area contributed by atoms with Crippen LogP contribution in [0.25, 0.3) is 0 Å². The second-order valence-corrected chi connectivity index (χ2v) is 3.98. The highest BCUT2D eigenvalue weighted by molar-refractivity contribution is 5.72. The van der Waals surface area contributed by atoms with Crippen molar-refractivity contribution in [1.29, 1.82) is 0 Å². The zero-order chi connectivity index (χ0) is 11.5. The molecule has 6 heteroatoms. The number of aliphatic hydroxyl groups excluding tert-OH is 1. The lowest BCUT2D eigenvalue weighted by atomic mass is 10.0. The van der Waals surface area contributed by atoms with E-state index in [1.807, 2.05) is 0 Å². The van der Waals surface area contributed by atoms with Gasteiger partial charge in [-0.2, -0.15) is 0 Å². The first-order valence-corrected chi connectivity index (χ1v) is 5.50. The highest BCUT2D eigenvalue weighted by Crippen LogP contribution is 2.25. The molecular formula is C10H15N3O3. The number of rotatable bonds is 4. The minimum absolute atomic E-state index is 0.0833. The topological polar surface area (TPSA) is 88.2 Å². The molecule has 16 heavy (non-hydrogen) atoms. The van der Waals surface area contributed by atoms with E-state index in [1.54, 1.807) is 4.57 Å². The van der Waals surface area contributed by atoms with Crippen LogP contribution in [0.2, 0.25) is 0 Å². The zero-order valence-corrected chi connectivity index (χ0v) is 8.96. The fourth-order valence-electron chi connectivity index (χ4n) is 2.12. The van der Waals surface area contributed by atoms with Crippen LogP contribution < -0.4 is 0 Å². The lowest BCUT2D eigenvalue weighted by molar-refractivity contribution is -0.141. The van der Waals surface area contributed by atoms with Gasteiger partial charge in [-0.05, 0) is 19.3 Å². The summed E-state index contributed by atoms with van der Waals surface area (Å²) in [6, 6.07) is -0.535. The molecule has 0 radical (unpaired) electrons. The number of hydrogen-bond acceptors (Lipinski definition) is 4. The van der Waals surface area contributed by atoms with Crippen LogP contribution in [0, 0.1) is 0 Å². The third kappa shape index (κ3) is 1.92. The van der Waals surface area contributed by atoms with Crippen molar-refractivity contribution in [3.8, 4) is 0 Å². The summed E-state index contributed by atoms with van der Waals surface area (Å²) < 4.78 is 1.72. The van der Waals surface area contributed by atoms with Gasteiger partial charge in [0.2, 0.25) is 0 Å². The van der Waals surface area contributed by atoms with Gasteiger partial charge in [0.05, 0.1) is 0 Å². The van der Waals surface area contributed by atoms with Crippen molar-refractivity contribution in [1.82, 2.24) is 14.8 Å². The highest BCUT2D eigenvalue weighted by atomic mass is 16.4. The van der Waals surface area contributed by atoms with E-state index in [2.05, 4.69) is 10.2 Å². The van der Waals surface area contributed by atoms with Crippen molar-refractivity contribution in [3.05, 3.63) is 11.6 Å². The number of carboxylic acid groups (broad SMARTS) is 1. The number of carbonyl (C=O) groups is 1. The number of aromatic nitrogens is 3. The number of aryl methyl sites for hydroxylation is 2. The van der Waals surface area contributed by atoms with E-state index in [-0.39, 0.29) is 6.61 Å². The van der Waals surface area contributed by atoms with E-state index < -0.39 is 12.0 Å². The molecule has 0 amide bonds. The van der Waals surface area contributed by atoms with Gasteiger partial charge in [-0.3, -0.25) is 0 Å². The SMILES string of the molecule is O=C(O)C1CCCc2nnc(CCCO)n21. The molecule has 2 N–H and O–H groups in total. The summed E-state index contributed by atoms with van der Waals surface area (Å²) in [4.78, 5) is 11.1. The van der Waals surface area contributed by atoms with Gasteiger partial charge in [-0.1, -0.05) is 0 Å². The predicted molar refractivity (Wildman–Crippen MR) is 55.0 cm³/mol. The van der Waals surface area contributed by atoms with Crippen LogP contribution in [0.3, 0.4) is 0 Å². The van der Waals surface area contributed by atoms with Crippen LogP contribution in [-0.4, -0.2) is 37.6 Å². The van der Waals surface area contributed by atoms with E-state index >= 15 is 0 Å². The van der Waals surface area contributed by atoms with Crippen molar-refractivity contribution < 1.29 is 15.0 Å². The molecule has 0 fully saturated rings. The third-order valence-electron chi connectivity index (χ3n) is 2.87. The molecule has 88 valence electrons. The maximum Gasteiger partial charge on any atom is 0.326 e. The van der Waals surface area contributed by atoms with Crippen molar-refractivity contribution in [2.45, 2.75) is 38.1 Å². The molecule has 1 aliphatic heterocycles. The van der Waals surface area contributed by atoms with Crippen LogP contribution in [-0.2, 0) is 17.6 Å². The molecule has 1 atom stereocenters. The van der Waals surface area contributed by atoms with Crippen molar-refractivity contribution >= 4 is 5.97 Å². The standard InChI is InChI=1S/C10H15N3O3/c14-6-2-5-9-12-11-8-4-1-3-7(10(15)16)13(8)9/h7,14H,1-6H2,(H,15,16). The molecule has 0 bridgehead atoms. The normalized spacial score (nSPS) is 19.4. The Hall–Kier alpha value is -1.43. The first-order valence-electron chi connectivity index (χ1n) is 5.50. The molecule has 1 aromatic rings. The third-order valence-corrected chi connectivity index (χ3v) is 2.87. The molecule has 1 aliphatic rings. The van der Waals surface area contributed by atoms with Gasteiger partial charge in [0.1, 0.15) is 17.7 Å². The Bertz CT molecular complexity index is 389. The van der Waals surface area contributed by atoms with E-state index in [1.165, 1.54) is 0 Å². The van der Waals surface area contributed by atoms with Gasteiger partial charge in [-0.15, -0.1) is 10.2 Å². The molecule has 0 aromatic carbocycles. The number of aliphatic hydroxyl groups is 1. The Labute approximate surface area is 92.9 Å². The lowest BCUT2D eigenvalue weighted by Gasteiger charge is -2.22. The zero-order valence-electron chi connectivity index (χ0n) is 8.96. The van der Waals surface area contributed by atoms with Crippen LogP contribution in [0.5, 0.6) is 0 Å². The van der Waals surface area contributed by atoms with Gasteiger partial charge in [-0.25, -0.2) is 4.79 Å². The average Bonchev–Trinajstić information content (AvgIpc) is 2.69. The predicted octanol–water partition coefficient (Wildman–Crippen LogP) is 0.165. The Balaban J connectivity index is 2.28. The lowest BCUT2D eigenvalue weighted by Crippen LogP contribution is -2.26. The second-order valence-electron chi connectivity index (χ2n) is 3.98. The minimum Gasteiger partial charge on any atom is -0.480 e. The minimum atomic E-state index is -0.828. The molecule has 0 saturated carbocycles. The van der Waals surface area contributed by atoms with Gasteiger partial charge in [0, 0.05) is 19.4 Å². The molecule has 0 spiro atoms. The Kier molecular flexibility index (Phi) is 3.19. The molecule has 0 aliphatic carbocycles. The van der Waals surface area contributed by atoms with Crippen LogP contribution in [0.1, 0.15) is 37.0 Å². The Morgan fingerprint density at radius 3 is 3.00 bits per heavy atom.